The summed E-state index contributed by atoms with van der Waals surface area (Å²) in [6.45, 7) is 9.25. The van der Waals surface area contributed by atoms with Crippen LogP contribution in [0, 0.1) is 6.92 Å². The van der Waals surface area contributed by atoms with Crippen LogP contribution in [0.1, 0.15) is 45.7 Å². The van der Waals surface area contributed by atoms with Crippen LogP contribution in [0.4, 0.5) is 5.69 Å². The molecule has 136 valence electrons. The molecule has 0 saturated heterocycles. The average Bonchev–Trinajstić information content (AvgIpc) is 2.55. The number of aryl methyl sites for hydroxylation is 1. The normalized spacial score (nSPS) is 13.4. The second kappa shape index (κ2) is 10.3. The number of amides is 1. The number of hydrogen-bond donors (Lipinski definition) is 1. The Morgan fingerprint density at radius 2 is 1.96 bits per heavy atom. The van der Waals surface area contributed by atoms with E-state index in [1.165, 1.54) is 0 Å². The van der Waals surface area contributed by atoms with Crippen molar-refractivity contribution in [2.24, 2.45) is 0 Å². The SMILES string of the molecule is CCCOC(C)(CCC)C(=O)Nc1ccc(OCCOC)nc1C. The van der Waals surface area contributed by atoms with E-state index in [4.69, 9.17) is 14.2 Å². The van der Waals surface area contributed by atoms with Crippen molar-refractivity contribution in [2.75, 3.05) is 32.2 Å². The van der Waals surface area contributed by atoms with Crippen LogP contribution >= 0.6 is 0 Å². The molecule has 0 radical (unpaired) electrons. The van der Waals surface area contributed by atoms with Gasteiger partial charge < -0.3 is 19.5 Å². The quantitative estimate of drug-likeness (QED) is 0.627. The Kier molecular flexibility index (Phi) is 8.71. The molecule has 1 atom stereocenters. The van der Waals surface area contributed by atoms with E-state index in [1.54, 1.807) is 19.2 Å². The number of pyridine rings is 1. The second-order valence-corrected chi connectivity index (χ2v) is 5.91. The highest BCUT2D eigenvalue weighted by Gasteiger charge is 2.33. The molecule has 24 heavy (non-hydrogen) atoms. The minimum Gasteiger partial charge on any atom is -0.475 e. The standard InChI is InChI=1S/C18H30N2O4/c1-6-10-18(4,24-11-7-2)17(21)20-15-8-9-16(19-14(15)3)23-13-12-22-5/h8-9H,6-7,10-13H2,1-5H3,(H,20,21). The summed E-state index contributed by atoms with van der Waals surface area (Å²) in [6, 6.07) is 3.54. The van der Waals surface area contributed by atoms with Crippen LogP contribution < -0.4 is 10.1 Å². The minimum absolute atomic E-state index is 0.143. The van der Waals surface area contributed by atoms with Crippen molar-refractivity contribution < 1.29 is 19.0 Å². The van der Waals surface area contributed by atoms with Crippen LogP contribution in [-0.4, -0.2) is 43.4 Å². The molecule has 1 heterocycles. The van der Waals surface area contributed by atoms with Gasteiger partial charge in [-0.05, 0) is 32.8 Å². The maximum absolute atomic E-state index is 12.7. The third kappa shape index (κ3) is 6.09. The fraction of sp³-hybridized carbons (Fsp3) is 0.667. The summed E-state index contributed by atoms with van der Waals surface area (Å²) in [5, 5.41) is 2.93. The Morgan fingerprint density at radius 1 is 1.21 bits per heavy atom. The van der Waals surface area contributed by atoms with Gasteiger partial charge in [-0.25, -0.2) is 4.98 Å². The molecule has 1 unspecified atom stereocenters. The largest absolute Gasteiger partial charge is 0.475 e. The number of rotatable bonds is 11. The van der Waals surface area contributed by atoms with Gasteiger partial charge in [0.25, 0.3) is 5.91 Å². The Balaban J connectivity index is 2.77. The molecule has 1 aromatic rings. The molecule has 0 bridgehead atoms. The lowest BCUT2D eigenvalue weighted by Gasteiger charge is -2.28. The number of methoxy groups -OCH3 is 1. The van der Waals surface area contributed by atoms with Gasteiger partial charge >= 0.3 is 0 Å². The summed E-state index contributed by atoms with van der Waals surface area (Å²) in [7, 11) is 1.62. The first kappa shape index (κ1) is 20.4. The summed E-state index contributed by atoms with van der Waals surface area (Å²) >= 11 is 0. The van der Waals surface area contributed by atoms with Crippen molar-refractivity contribution >= 4 is 11.6 Å². The summed E-state index contributed by atoms with van der Waals surface area (Å²) in [6.07, 6.45) is 2.42. The van der Waals surface area contributed by atoms with Crippen LogP contribution in [0.15, 0.2) is 12.1 Å². The molecule has 0 aliphatic heterocycles. The summed E-state index contributed by atoms with van der Waals surface area (Å²) in [5.41, 5.74) is 0.541. The molecule has 6 heteroatoms. The van der Waals surface area contributed by atoms with Crippen LogP contribution in [0.25, 0.3) is 0 Å². The van der Waals surface area contributed by atoms with Gasteiger partial charge in [0.15, 0.2) is 0 Å². The molecular weight excluding hydrogens is 308 g/mol. The van der Waals surface area contributed by atoms with E-state index in [0.29, 0.717) is 43.5 Å². The molecule has 0 fully saturated rings. The monoisotopic (exact) mass is 338 g/mol. The number of nitrogens with zero attached hydrogens (tertiary/aromatic N) is 1. The number of hydrogen-bond acceptors (Lipinski definition) is 5. The van der Waals surface area contributed by atoms with Gasteiger partial charge in [-0.3, -0.25) is 4.79 Å². The van der Waals surface area contributed by atoms with E-state index in [1.807, 2.05) is 27.7 Å². The first-order chi connectivity index (χ1) is 11.5. The molecule has 0 saturated carbocycles. The van der Waals surface area contributed by atoms with Crippen molar-refractivity contribution in [3.63, 3.8) is 0 Å². The average molecular weight is 338 g/mol. The Morgan fingerprint density at radius 3 is 2.54 bits per heavy atom. The van der Waals surface area contributed by atoms with Gasteiger partial charge in [-0.1, -0.05) is 20.3 Å². The van der Waals surface area contributed by atoms with Crippen molar-refractivity contribution in [3.05, 3.63) is 17.8 Å². The predicted octanol–water partition coefficient (Wildman–Crippen LogP) is 3.34. The molecular formula is C18H30N2O4. The van der Waals surface area contributed by atoms with E-state index in [9.17, 15) is 4.79 Å². The van der Waals surface area contributed by atoms with E-state index in [-0.39, 0.29) is 5.91 Å². The summed E-state index contributed by atoms with van der Waals surface area (Å²) in [4.78, 5) is 17.0. The van der Waals surface area contributed by atoms with Crippen molar-refractivity contribution in [1.29, 1.82) is 0 Å². The molecule has 0 aliphatic carbocycles. The van der Waals surface area contributed by atoms with Crippen molar-refractivity contribution in [1.82, 2.24) is 4.98 Å². The van der Waals surface area contributed by atoms with Crippen molar-refractivity contribution in [2.45, 2.75) is 52.6 Å². The molecule has 1 amide bonds. The van der Waals surface area contributed by atoms with Crippen LogP contribution in [-0.2, 0) is 14.3 Å². The van der Waals surface area contributed by atoms with E-state index in [2.05, 4.69) is 10.3 Å². The topological polar surface area (TPSA) is 69.7 Å². The molecule has 1 aromatic heterocycles. The Labute approximate surface area is 144 Å². The zero-order chi connectivity index (χ0) is 18.0. The molecule has 6 nitrogen and oxygen atoms in total. The third-order valence-electron chi connectivity index (χ3n) is 3.68. The van der Waals surface area contributed by atoms with Crippen LogP contribution in [0.5, 0.6) is 5.88 Å². The highest BCUT2D eigenvalue weighted by Crippen LogP contribution is 2.23. The van der Waals surface area contributed by atoms with Crippen LogP contribution in [0.3, 0.4) is 0 Å². The smallest absolute Gasteiger partial charge is 0.256 e. The zero-order valence-corrected chi connectivity index (χ0v) is 15.5. The predicted molar refractivity (Wildman–Crippen MR) is 94.5 cm³/mol. The fourth-order valence-corrected chi connectivity index (χ4v) is 2.29. The highest BCUT2D eigenvalue weighted by atomic mass is 16.5. The van der Waals surface area contributed by atoms with Gasteiger partial charge in [-0.2, -0.15) is 0 Å². The number of anilines is 1. The first-order valence-corrected chi connectivity index (χ1v) is 8.51. The maximum Gasteiger partial charge on any atom is 0.256 e. The van der Waals surface area contributed by atoms with Crippen molar-refractivity contribution in [3.8, 4) is 5.88 Å². The molecule has 1 N–H and O–H groups in total. The van der Waals surface area contributed by atoms with E-state index < -0.39 is 5.60 Å². The van der Waals surface area contributed by atoms with E-state index in [0.717, 1.165) is 12.8 Å². The lowest BCUT2D eigenvalue weighted by atomic mass is 9.99. The zero-order valence-electron chi connectivity index (χ0n) is 15.5. The Bertz CT molecular complexity index is 522. The maximum atomic E-state index is 12.7. The highest BCUT2D eigenvalue weighted by molar-refractivity contribution is 5.97. The first-order valence-electron chi connectivity index (χ1n) is 8.51. The molecule has 0 aromatic carbocycles. The van der Waals surface area contributed by atoms with Gasteiger partial charge in [0.05, 0.1) is 18.0 Å². The summed E-state index contributed by atoms with van der Waals surface area (Å²) in [5.74, 6) is 0.372. The Hall–Kier alpha value is -1.66. The fourth-order valence-electron chi connectivity index (χ4n) is 2.29. The number of carbonyl (C=O) groups is 1. The minimum atomic E-state index is -0.829. The van der Waals surface area contributed by atoms with Gasteiger partial charge in [-0.15, -0.1) is 0 Å². The van der Waals surface area contributed by atoms with Gasteiger partial charge in [0, 0.05) is 19.8 Å². The molecule has 0 aliphatic rings. The lowest BCUT2D eigenvalue weighted by molar-refractivity contribution is -0.140. The van der Waals surface area contributed by atoms with Gasteiger partial charge in [0.1, 0.15) is 12.2 Å². The lowest BCUT2D eigenvalue weighted by Crippen LogP contribution is -2.43. The number of aromatic nitrogens is 1. The number of ether oxygens (including phenoxy) is 3. The second-order valence-electron chi connectivity index (χ2n) is 5.91. The van der Waals surface area contributed by atoms with Gasteiger partial charge in [0.2, 0.25) is 5.88 Å². The summed E-state index contributed by atoms with van der Waals surface area (Å²) < 4.78 is 16.2. The van der Waals surface area contributed by atoms with Crippen LogP contribution in [0.2, 0.25) is 0 Å². The third-order valence-corrected chi connectivity index (χ3v) is 3.68. The molecule has 0 spiro atoms. The number of nitrogens with one attached hydrogen (secondary N) is 1. The molecule has 1 rings (SSSR count). The number of carbonyl (C=O) groups excluding carboxylic acids is 1. The van der Waals surface area contributed by atoms with E-state index >= 15 is 0 Å².